The van der Waals surface area contributed by atoms with Crippen molar-refractivity contribution >= 4 is 29.6 Å². The number of aliphatic carboxylic acids is 2. The van der Waals surface area contributed by atoms with Gasteiger partial charge in [0.1, 0.15) is 11.9 Å². The third kappa shape index (κ3) is 5.23. The number of carbonyl (C=O) groups excluding carboxylic acids is 1. The number of aromatic amines is 1. The molecule has 11 heteroatoms. The summed E-state index contributed by atoms with van der Waals surface area (Å²) in [6.07, 6.45) is 1.48. The smallest absolute Gasteiger partial charge is 0.326 e. The molecule has 1 aromatic heterocycles. The Labute approximate surface area is 183 Å². The van der Waals surface area contributed by atoms with Crippen LogP contribution in [-0.2, 0) is 22.4 Å². The Kier molecular flexibility index (Phi) is 6.76. The predicted octanol–water partition coefficient (Wildman–Crippen LogP) is 0.394. The summed E-state index contributed by atoms with van der Waals surface area (Å²) in [4.78, 5) is 55.0. The van der Waals surface area contributed by atoms with Crippen LogP contribution >= 0.6 is 0 Å². The molecule has 2 aromatic rings. The number of carboxylic acids is 2. The average Bonchev–Trinajstić information content (AvgIpc) is 3.05. The normalized spacial score (nSPS) is 15.8. The summed E-state index contributed by atoms with van der Waals surface area (Å²) in [5.74, 6) is -2.31. The van der Waals surface area contributed by atoms with E-state index in [-0.39, 0.29) is 36.0 Å². The van der Waals surface area contributed by atoms with Crippen molar-refractivity contribution in [2.75, 3.05) is 17.7 Å². The molecule has 1 aliphatic heterocycles. The van der Waals surface area contributed by atoms with Crippen LogP contribution in [0, 0.1) is 0 Å². The van der Waals surface area contributed by atoms with E-state index in [1.165, 1.54) is 0 Å². The number of hydrogen-bond acceptors (Lipinski definition) is 7. The number of nitrogens with one attached hydrogen (secondary N) is 2. The zero-order valence-corrected chi connectivity index (χ0v) is 17.5. The first-order valence-electron chi connectivity index (χ1n) is 10.1. The van der Waals surface area contributed by atoms with Crippen molar-refractivity contribution in [1.82, 2.24) is 15.3 Å². The first-order valence-corrected chi connectivity index (χ1v) is 10.1. The number of nitrogen functional groups attached to an aromatic ring is 1. The fourth-order valence-electron chi connectivity index (χ4n) is 3.74. The Bertz CT molecular complexity index is 1080. The lowest BCUT2D eigenvalue weighted by molar-refractivity contribution is -0.140. The minimum atomic E-state index is -1.28. The van der Waals surface area contributed by atoms with E-state index in [1.807, 2.05) is 11.9 Å². The third-order valence-corrected chi connectivity index (χ3v) is 5.57. The molecule has 3 rings (SSSR count). The lowest BCUT2D eigenvalue weighted by Crippen LogP contribution is -2.41. The van der Waals surface area contributed by atoms with Gasteiger partial charge in [-0.1, -0.05) is 12.1 Å². The maximum atomic E-state index is 12.3. The van der Waals surface area contributed by atoms with E-state index in [0.29, 0.717) is 24.2 Å². The SMILES string of the molecule is CN1c2nc(N)[nH]c(=O)c2CC1CCc1ccc(C(=O)N[C@@H](CCC(=O)O)C(=O)O)cc1. The third-order valence-electron chi connectivity index (χ3n) is 5.57. The van der Waals surface area contributed by atoms with Crippen LogP contribution < -0.4 is 21.5 Å². The number of H-pyrrole nitrogens is 1. The number of rotatable bonds is 9. The van der Waals surface area contributed by atoms with E-state index in [2.05, 4.69) is 15.3 Å². The Morgan fingerprint density at radius 1 is 1.28 bits per heavy atom. The maximum absolute atomic E-state index is 12.3. The van der Waals surface area contributed by atoms with Gasteiger partial charge >= 0.3 is 11.9 Å². The van der Waals surface area contributed by atoms with Gasteiger partial charge in [-0.25, -0.2) is 4.79 Å². The van der Waals surface area contributed by atoms with Gasteiger partial charge in [-0.3, -0.25) is 19.4 Å². The number of aryl methyl sites for hydroxylation is 1. The van der Waals surface area contributed by atoms with Crippen LogP contribution in [0.25, 0.3) is 0 Å². The second kappa shape index (κ2) is 9.50. The molecule has 0 saturated heterocycles. The number of nitrogens with zero attached hydrogens (tertiary/aromatic N) is 2. The van der Waals surface area contributed by atoms with E-state index >= 15 is 0 Å². The highest BCUT2D eigenvalue weighted by Gasteiger charge is 2.30. The van der Waals surface area contributed by atoms with Gasteiger partial charge in [0.2, 0.25) is 5.95 Å². The molecule has 11 nitrogen and oxygen atoms in total. The molecule has 32 heavy (non-hydrogen) atoms. The molecule has 170 valence electrons. The van der Waals surface area contributed by atoms with Crippen molar-refractivity contribution < 1.29 is 24.6 Å². The zero-order chi connectivity index (χ0) is 23.4. The lowest BCUT2D eigenvalue weighted by atomic mass is 10.0. The van der Waals surface area contributed by atoms with E-state index in [4.69, 9.17) is 10.8 Å². The molecule has 0 aliphatic carbocycles. The number of benzene rings is 1. The Balaban J connectivity index is 1.57. The molecule has 2 heterocycles. The van der Waals surface area contributed by atoms with Crippen LogP contribution in [0.4, 0.5) is 11.8 Å². The summed E-state index contributed by atoms with van der Waals surface area (Å²) in [5, 5.41) is 20.2. The van der Waals surface area contributed by atoms with Gasteiger partial charge in [0.05, 0.1) is 5.56 Å². The summed E-state index contributed by atoms with van der Waals surface area (Å²) < 4.78 is 0. The number of nitrogens with two attached hydrogens (primary N) is 1. The van der Waals surface area contributed by atoms with Gasteiger partial charge in [-0.15, -0.1) is 0 Å². The van der Waals surface area contributed by atoms with Crippen molar-refractivity contribution in [2.24, 2.45) is 0 Å². The molecule has 0 bridgehead atoms. The highest BCUT2D eigenvalue weighted by Crippen LogP contribution is 2.28. The van der Waals surface area contributed by atoms with E-state index in [0.717, 1.165) is 12.0 Å². The molecule has 6 N–H and O–H groups in total. The van der Waals surface area contributed by atoms with Gasteiger partial charge in [0.25, 0.3) is 11.5 Å². The van der Waals surface area contributed by atoms with Crippen molar-refractivity contribution in [2.45, 2.75) is 44.2 Å². The van der Waals surface area contributed by atoms with Crippen LogP contribution in [-0.4, -0.2) is 57.2 Å². The van der Waals surface area contributed by atoms with Crippen LogP contribution in [0.2, 0.25) is 0 Å². The zero-order valence-electron chi connectivity index (χ0n) is 17.5. The topological polar surface area (TPSA) is 179 Å². The van der Waals surface area contributed by atoms with Crippen LogP contribution in [0.15, 0.2) is 29.1 Å². The molecule has 0 fully saturated rings. The Hall–Kier alpha value is -3.89. The summed E-state index contributed by atoms with van der Waals surface area (Å²) in [5.41, 5.74) is 7.30. The number of carbonyl (C=O) groups is 3. The highest BCUT2D eigenvalue weighted by atomic mass is 16.4. The number of anilines is 2. The number of amides is 1. The molecular weight excluding hydrogens is 418 g/mol. The standard InChI is InChI=1S/C21H25N5O6/c1-26-13(10-14-17(26)24-21(22)25-19(14)30)7-4-11-2-5-12(6-3-11)18(29)23-15(20(31)32)8-9-16(27)28/h2-3,5-6,13,15H,4,7-10H2,1H3,(H,23,29)(H,27,28)(H,31,32)(H3,22,24,25,30)/t13?,15-/m0/s1. The molecule has 1 aromatic carbocycles. The molecule has 1 aliphatic rings. The molecule has 1 unspecified atom stereocenters. The predicted molar refractivity (Wildman–Crippen MR) is 116 cm³/mol. The summed E-state index contributed by atoms with van der Waals surface area (Å²) >= 11 is 0. The van der Waals surface area contributed by atoms with Crippen LogP contribution in [0.3, 0.4) is 0 Å². The molecule has 0 saturated carbocycles. The second-order valence-electron chi connectivity index (χ2n) is 7.75. The number of fused-ring (bicyclic) bond motifs is 1. The number of likely N-dealkylation sites (N-methyl/N-ethyl adjacent to an activating group) is 1. The first-order chi connectivity index (χ1) is 15.2. The number of carboxylic acid groups (broad SMARTS) is 2. The average molecular weight is 443 g/mol. The number of aromatic nitrogens is 2. The second-order valence-corrected chi connectivity index (χ2v) is 7.75. The van der Waals surface area contributed by atoms with Gasteiger partial charge in [-0.2, -0.15) is 4.98 Å². The minimum absolute atomic E-state index is 0.0863. The van der Waals surface area contributed by atoms with E-state index in [9.17, 15) is 24.3 Å². The Morgan fingerprint density at radius 2 is 1.97 bits per heavy atom. The molecular formula is C21H25N5O6. The lowest BCUT2D eigenvalue weighted by Gasteiger charge is -2.21. The largest absolute Gasteiger partial charge is 0.481 e. The number of hydrogen-bond donors (Lipinski definition) is 5. The van der Waals surface area contributed by atoms with Gasteiger partial charge in [0.15, 0.2) is 0 Å². The van der Waals surface area contributed by atoms with Crippen molar-refractivity contribution in [3.8, 4) is 0 Å². The van der Waals surface area contributed by atoms with E-state index in [1.54, 1.807) is 24.3 Å². The summed E-state index contributed by atoms with van der Waals surface area (Å²) in [7, 11) is 1.87. The minimum Gasteiger partial charge on any atom is -0.481 e. The fourth-order valence-corrected chi connectivity index (χ4v) is 3.74. The van der Waals surface area contributed by atoms with Crippen LogP contribution in [0.5, 0.6) is 0 Å². The molecule has 2 atom stereocenters. The summed E-state index contributed by atoms with van der Waals surface area (Å²) in [6.45, 7) is 0. The van der Waals surface area contributed by atoms with Crippen molar-refractivity contribution in [3.05, 3.63) is 51.3 Å². The van der Waals surface area contributed by atoms with Gasteiger partial charge in [0, 0.05) is 31.5 Å². The maximum Gasteiger partial charge on any atom is 0.326 e. The van der Waals surface area contributed by atoms with E-state index < -0.39 is 23.9 Å². The van der Waals surface area contributed by atoms with Gasteiger partial charge < -0.3 is 26.2 Å². The molecule has 0 spiro atoms. The Morgan fingerprint density at radius 3 is 2.59 bits per heavy atom. The highest BCUT2D eigenvalue weighted by molar-refractivity contribution is 5.96. The van der Waals surface area contributed by atoms with Gasteiger partial charge in [-0.05, 0) is 37.0 Å². The quantitative estimate of drug-likeness (QED) is 0.366. The van der Waals surface area contributed by atoms with Crippen LogP contribution in [0.1, 0.15) is 40.7 Å². The molecule has 1 amide bonds. The monoisotopic (exact) mass is 443 g/mol. The van der Waals surface area contributed by atoms with Crippen molar-refractivity contribution in [1.29, 1.82) is 0 Å². The van der Waals surface area contributed by atoms with Crippen molar-refractivity contribution in [3.63, 3.8) is 0 Å². The molecule has 0 radical (unpaired) electrons. The fraction of sp³-hybridized carbons (Fsp3) is 0.381. The first kappa shape index (κ1) is 22.8. The summed E-state index contributed by atoms with van der Waals surface area (Å²) in [6, 6.07) is 5.58.